The van der Waals surface area contributed by atoms with Crippen molar-refractivity contribution >= 4 is 11.6 Å². The number of amides is 1. The van der Waals surface area contributed by atoms with E-state index in [1.165, 1.54) is 6.33 Å². The molecule has 0 saturated carbocycles. The number of pyridine rings is 1. The van der Waals surface area contributed by atoms with E-state index in [2.05, 4.69) is 10.1 Å². The Morgan fingerprint density at radius 3 is 2.30 bits per heavy atom. The summed E-state index contributed by atoms with van der Waals surface area (Å²) in [5, 5.41) is 4.05. The Balaban J connectivity index is 1.71. The average Bonchev–Trinajstić information content (AvgIpc) is 3.09. The maximum absolute atomic E-state index is 13.5. The Labute approximate surface area is 153 Å². The molecule has 134 valence electrons. The van der Waals surface area contributed by atoms with Gasteiger partial charge in [-0.2, -0.15) is 5.10 Å². The minimum Gasteiger partial charge on any atom is -0.369 e. The zero-order valence-electron chi connectivity index (χ0n) is 14.0. The zero-order chi connectivity index (χ0) is 19.0. The van der Waals surface area contributed by atoms with Gasteiger partial charge in [-0.1, -0.05) is 24.3 Å². The van der Waals surface area contributed by atoms with Crippen LogP contribution in [0.25, 0.3) is 16.8 Å². The number of carbonyl (C=O) groups excluding carboxylic acids is 1. The lowest BCUT2D eigenvalue weighted by molar-refractivity contribution is -0.118. The molecule has 0 aliphatic carbocycles. The van der Waals surface area contributed by atoms with Crippen LogP contribution in [0.5, 0.6) is 0 Å². The molecule has 1 atom stereocenters. The summed E-state index contributed by atoms with van der Waals surface area (Å²) >= 11 is 0. The predicted octanol–water partition coefficient (Wildman–Crippen LogP) is 3.29. The molecule has 0 spiro atoms. The number of primary amides is 1. The van der Waals surface area contributed by atoms with Crippen molar-refractivity contribution < 1.29 is 13.6 Å². The van der Waals surface area contributed by atoms with Crippen LogP contribution in [0.15, 0.2) is 67.1 Å². The van der Waals surface area contributed by atoms with Gasteiger partial charge in [0.05, 0.1) is 5.92 Å². The summed E-state index contributed by atoms with van der Waals surface area (Å²) in [4.78, 5) is 16.1. The van der Waals surface area contributed by atoms with Gasteiger partial charge in [0.2, 0.25) is 5.91 Å². The van der Waals surface area contributed by atoms with Crippen LogP contribution in [-0.2, 0) is 4.79 Å². The van der Waals surface area contributed by atoms with Gasteiger partial charge in [0.15, 0.2) is 5.65 Å². The molecule has 0 bridgehead atoms. The van der Waals surface area contributed by atoms with Crippen LogP contribution in [0.4, 0.5) is 8.78 Å². The van der Waals surface area contributed by atoms with Gasteiger partial charge < -0.3 is 5.73 Å². The van der Waals surface area contributed by atoms with E-state index in [1.54, 1.807) is 22.8 Å². The van der Waals surface area contributed by atoms with Gasteiger partial charge >= 0.3 is 0 Å². The molecule has 5 nitrogen and oxygen atoms in total. The maximum atomic E-state index is 13.5. The number of aromatic nitrogens is 3. The van der Waals surface area contributed by atoms with Crippen LogP contribution in [0.1, 0.15) is 17.0 Å². The molecule has 0 aliphatic rings. The Kier molecular flexibility index (Phi) is 4.12. The number of fused-ring (bicyclic) bond motifs is 1. The van der Waals surface area contributed by atoms with E-state index in [1.807, 2.05) is 24.3 Å². The second kappa shape index (κ2) is 6.60. The third kappa shape index (κ3) is 3.27. The monoisotopic (exact) mass is 364 g/mol. The molecule has 2 aromatic carbocycles. The molecule has 0 radical (unpaired) electrons. The molecule has 4 aromatic rings. The van der Waals surface area contributed by atoms with Crippen LogP contribution in [0.2, 0.25) is 0 Å². The fourth-order valence-corrected chi connectivity index (χ4v) is 3.13. The standard InChI is InChI=1S/C20H14F2N4O/c21-16-7-15(8-17(22)10-16)19(20(23)27)13-3-1-12(2-4-13)14-5-6-26-18(9-14)24-11-25-26/h1-11,19H,(H2,23,27). The number of benzene rings is 2. The van der Waals surface area contributed by atoms with Gasteiger partial charge in [-0.05, 0) is 46.5 Å². The van der Waals surface area contributed by atoms with E-state index < -0.39 is 23.5 Å². The fourth-order valence-electron chi connectivity index (χ4n) is 3.13. The lowest BCUT2D eigenvalue weighted by atomic mass is 9.89. The average molecular weight is 364 g/mol. The molecule has 2 heterocycles. The Hall–Kier alpha value is -3.61. The van der Waals surface area contributed by atoms with Crippen LogP contribution < -0.4 is 5.73 Å². The van der Waals surface area contributed by atoms with Gasteiger partial charge in [-0.25, -0.2) is 18.3 Å². The summed E-state index contributed by atoms with van der Waals surface area (Å²) in [5.41, 5.74) is 8.77. The van der Waals surface area contributed by atoms with E-state index >= 15 is 0 Å². The molecule has 0 saturated heterocycles. The highest BCUT2D eigenvalue weighted by Crippen LogP contribution is 2.28. The van der Waals surface area contributed by atoms with E-state index in [4.69, 9.17) is 5.73 Å². The predicted molar refractivity (Wildman–Crippen MR) is 95.8 cm³/mol. The number of nitrogens with zero attached hydrogens (tertiary/aromatic N) is 3. The molecular formula is C20H14F2N4O. The van der Waals surface area contributed by atoms with Crippen LogP contribution >= 0.6 is 0 Å². The fraction of sp³-hybridized carbons (Fsp3) is 0.0500. The number of nitrogens with two attached hydrogens (primary N) is 1. The molecule has 0 fully saturated rings. The van der Waals surface area contributed by atoms with E-state index in [9.17, 15) is 13.6 Å². The van der Waals surface area contributed by atoms with E-state index in [0.29, 0.717) is 11.2 Å². The molecule has 2 aromatic heterocycles. The van der Waals surface area contributed by atoms with Gasteiger partial charge in [0, 0.05) is 12.3 Å². The molecular weight excluding hydrogens is 350 g/mol. The summed E-state index contributed by atoms with van der Waals surface area (Å²) in [6, 6.07) is 13.9. The largest absolute Gasteiger partial charge is 0.369 e. The first kappa shape index (κ1) is 16.8. The quantitative estimate of drug-likeness (QED) is 0.604. The minimum atomic E-state index is -0.941. The van der Waals surface area contributed by atoms with Crippen LogP contribution in [-0.4, -0.2) is 20.5 Å². The van der Waals surface area contributed by atoms with Crippen molar-refractivity contribution in [1.29, 1.82) is 0 Å². The smallest absolute Gasteiger partial charge is 0.229 e. The van der Waals surface area contributed by atoms with Crippen molar-refractivity contribution in [3.63, 3.8) is 0 Å². The molecule has 27 heavy (non-hydrogen) atoms. The normalized spacial score (nSPS) is 12.2. The first-order chi connectivity index (χ1) is 13.0. The first-order valence-electron chi connectivity index (χ1n) is 8.16. The van der Waals surface area contributed by atoms with Crippen molar-refractivity contribution in [2.45, 2.75) is 5.92 Å². The highest BCUT2D eigenvalue weighted by Gasteiger charge is 2.21. The van der Waals surface area contributed by atoms with Crippen LogP contribution in [0.3, 0.4) is 0 Å². The number of halogens is 2. The van der Waals surface area contributed by atoms with Crippen molar-refractivity contribution in [3.05, 3.63) is 89.9 Å². The minimum absolute atomic E-state index is 0.178. The summed E-state index contributed by atoms with van der Waals surface area (Å²) in [6.07, 6.45) is 3.27. The number of carbonyl (C=O) groups is 1. The topological polar surface area (TPSA) is 73.3 Å². The van der Waals surface area contributed by atoms with Crippen molar-refractivity contribution in [3.8, 4) is 11.1 Å². The van der Waals surface area contributed by atoms with Crippen molar-refractivity contribution in [2.75, 3.05) is 0 Å². The summed E-state index contributed by atoms with van der Waals surface area (Å²) in [6.45, 7) is 0. The van der Waals surface area contributed by atoms with E-state index in [0.717, 1.165) is 29.3 Å². The highest BCUT2D eigenvalue weighted by atomic mass is 19.1. The Bertz CT molecular complexity index is 1120. The first-order valence-corrected chi connectivity index (χ1v) is 8.16. The van der Waals surface area contributed by atoms with E-state index in [-0.39, 0.29) is 5.56 Å². The maximum Gasteiger partial charge on any atom is 0.229 e. The zero-order valence-corrected chi connectivity index (χ0v) is 14.0. The molecule has 1 unspecified atom stereocenters. The number of rotatable bonds is 4. The van der Waals surface area contributed by atoms with Crippen molar-refractivity contribution in [2.24, 2.45) is 5.73 Å². The number of hydrogen-bond donors (Lipinski definition) is 1. The van der Waals surface area contributed by atoms with Gasteiger partial charge in [0.1, 0.15) is 18.0 Å². The van der Waals surface area contributed by atoms with Gasteiger partial charge in [-0.3, -0.25) is 4.79 Å². The lowest BCUT2D eigenvalue weighted by Crippen LogP contribution is -2.22. The molecule has 1 amide bonds. The molecule has 0 aliphatic heterocycles. The Morgan fingerprint density at radius 2 is 1.63 bits per heavy atom. The third-order valence-corrected chi connectivity index (χ3v) is 4.36. The lowest BCUT2D eigenvalue weighted by Gasteiger charge is -2.15. The summed E-state index contributed by atoms with van der Waals surface area (Å²) in [7, 11) is 0. The summed E-state index contributed by atoms with van der Waals surface area (Å²) < 4.78 is 28.7. The summed E-state index contributed by atoms with van der Waals surface area (Å²) in [5.74, 6) is -3.13. The second-order valence-electron chi connectivity index (χ2n) is 6.14. The van der Waals surface area contributed by atoms with Crippen molar-refractivity contribution in [1.82, 2.24) is 14.6 Å². The van der Waals surface area contributed by atoms with Gasteiger partial charge in [-0.15, -0.1) is 0 Å². The highest BCUT2D eigenvalue weighted by molar-refractivity contribution is 5.86. The SMILES string of the molecule is NC(=O)C(c1ccc(-c2ccn3ncnc3c2)cc1)c1cc(F)cc(F)c1. The third-order valence-electron chi connectivity index (χ3n) is 4.36. The van der Waals surface area contributed by atoms with Gasteiger partial charge in [0.25, 0.3) is 0 Å². The number of hydrogen-bond acceptors (Lipinski definition) is 3. The molecule has 4 rings (SSSR count). The second-order valence-corrected chi connectivity index (χ2v) is 6.14. The Morgan fingerprint density at radius 1 is 0.926 bits per heavy atom. The molecule has 2 N–H and O–H groups in total. The van der Waals surface area contributed by atoms with Crippen LogP contribution in [0, 0.1) is 11.6 Å². The molecule has 7 heteroatoms.